The van der Waals surface area contributed by atoms with Crippen LogP contribution in [-0.2, 0) is 6.54 Å². The maximum absolute atomic E-state index is 13.5. The van der Waals surface area contributed by atoms with Crippen molar-refractivity contribution in [3.8, 4) is 0 Å². The van der Waals surface area contributed by atoms with Gasteiger partial charge in [-0.2, -0.15) is 10.2 Å². The number of aromatic nitrogens is 4. The first-order valence-corrected chi connectivity index (χ1v) is 10.8. The van der Waals surface area contributed by atoms with E-state index in [1.165, 1.54) is 22.9 Å². The summed E-state index contributed by atoms with van der Waals surface area (Å²) in [6.45, 7) is 5.08. The molecule has 0 saturated carbocycles. The van der Waals surface area contributed by atoms with Crippen LogP contribution in [0.1, 0.15) is 46.6 Å². The fourth-order valence-corrected chi connectivity index (χ4v) is 4.21. The number of nitrogens with one attached hydrogen (secondary N) is 2. The molecule has 8 nitrogen and oxygen atoms in total. The van der Waals surface area contributed by atoms with Crippen molar-refractivity contribution in [1.82, 2.24) is 25.3 Å². The summed E-state index contributed by atoms with van der Waals surface area (Å²) in [4.78, 5) is 27.2. The smallest absolute Gasteiger partial charge is 0.267 e. The normalized spacial score (nSPS) is 16.2. The minimum absolute atomic E-state index is 0.0628. The fourth-order valence-electron chi connectivity index (χ4n) is 4.21. The minimum atomic E-state index is -0.346. The number of aromatic amines is 1. The number of hydrogen-bond donors (Lipinski definition) is 2. The standard InChI is InChI=1S/C23H27FN6O2/c1-15-22(16(2)27-26-15)23(32)25-13-19-8-3-4-11-29(19)20-9-10-21(31)30(28-20)14-17-6-5-7-18(24)12-17/h5-7,9-10,12,19H,3-4,8,11,13-14H2,1-2H3,(H,25,32)(H,26,27). The molecule has 2 aromatic heterocycles. The van der Waals surface area contributed by atoms with Gasteiger partial charge in [0.05, 0.1) is 17.8 Å². The maximum atomic E-state index is 13.5. The summed E-state index contributed by atoms with van der Waals surface area (Å²) in [7, 11) is 0. The van der Waals surface area contributed by atoms with Gasteiger partial charge in [0.15, 0.2) is 0 Å². The molecule has 3 aromatic rings. The van der Waals surface area contributed by atoms with Gasteiger partial charge in [0, 0.05) is 30.9 Å². The largest absolute Gasteiger partial charge is 0.350 e. The second-order valence-corrected chi connectivity index (χ2v) is 8.18. The molecule has 0 spiro atoms. The lowest BCUT2D eigenvalue weighted by atomic mass is 10.0. The fraction of sp³-hybridized carbons (Fsp3) is 0.391. The summed E-state index contributed by atoms with van der Waals surface area (Å²) in [6, 6.07) is 9.43. The third-order valence-electron chi connectivity index (χ3n) is 5.85. The van der Waals surface area contributed by atoms with Gasteiger partial charge in [-0.05, 0) is 56.9 Å². The van der Waals surface area contributed by atoms with E-state index in [1.807, 2.05) is 6.92 Å². The highest BCUT2D eigenvalue weighted by Gasteiger charge is 2.25. The Kier molecular flexibility index (Phi) is 6.34. The molecule has 2 N–H and O–H groups in total. The van der Waals surface area contributed by atoms with Crippen molar-refractivity contribution < 1.29 is 9.18 Å². The van der Waals surface area contributed by atoms with Gasteiger partial charge in [0.25, 0.3) is 11.5 Å². The summed E-state index contributed by atoms with van der Waals surface area (Å²) in [5, 5.41) is 14.5. The number of nitrogens with zero attached hydrogens (tertiary/aromatic N) is 4. The van der Waals surface area contributed by atoms with Gasteiger partial charge >= 0.3 is 0 Å². The van der Waals surface area contributed by atoms with Gasteiger partial charge in [0.2, 0.25) is 0 Å². The van der Waals surface area contributed by atoms with E-state index in [2.05, 4.69) is 25.5 Å². The Hall–Kier alpha value is -3.49. The Morgan fingerprint density at radius 1 is 1.25 bits per heavy atom. The maximum Gasteiger partial charge on any atom is 0.267 e. The summed E-state index contributed by atoms with van der Waals surface area (Å²) >= 11 is 0. The second kappa shape index (κ2) is 9.33. The number of halogens is 1. The van der Waals surface area contributed by atoms with Gasteiger partial charge in [0.1, 0.15) is 11.6 Å². The average Bonchev–Trinajstić information content (AvgIpc) is 3.12. The average molecular weight is 439 g/mol. The Bertz CT molecular complexity index is 1150. The first-order chi connectivity index (χ1) is 15.4. The zero-order valence-corrected chi connectivity index (χ0v) is 18.3. The molecule has 9 heteroatoms. The van der Waals surface area contributed by atoms with Crippen LogP contribution < -0.4 is 15.8 Å². The monoisotopic (exact) mass is 438 g/mol. The molecule has 3 heterocycles. The molecule has 1 atom stereocenters. The molecule has 168 valence electrons. The van der Waals surface area contributed by atoms with Crippen molar-refractivity contribution in [2.24, 2.45) is 0 Å². The van der Waals surface area contributed by atoms with E-state index >= 15 is 0 Å². The Balaban J connectivity index is 1.51. The number of benzene rings is 1. The number of hydrogen-bond acceptors (Lipinski definition) is 5. The number of amides is 1. The van der Waals surface area contributed by atoms with E-state index < -0.39 is 0 Å². The van der Waals surface area contributed by atoms with Crippen molar-refractivity contribution >= 4 is 11.7 Å². The van der Waals surface area contributed by atoms with E-state index in [0.717, 1.165) is 31.5 Å². The topological polar surface area (TPSA) is 95.9 Å². The number of piperidine rings is 1. The van der Waals surface area contributed by atoms with Crippen LogP contribution in [0.5, 0.6) is 0 Å². The molecule has 1 aromatic carbocycles. The molecule has 32 heavy (non-hydrogen) atoms. The lowest BCUT2D eigenvalue weighted by Gasteiger charge is -2.36. The van der Waals surface area contributed by atoms with Crippen LogP contribution in [0.2, 0.25) is 0 Å². The molecule has 1 unspecified atom stereocenters. The molecular weight excluding hydrogens is 411 g/mol. The van der Waals surface area contributed by atoms with Crippen molar-refractivity contribution in [1.29, 1.82) is 0 Å². The summed E-state index contributed by atoms with van der Waals surface area (Å²) in [6.07, 6.45) is 2.98. The third kappa shape index (κ3) is 4.71. The predicted octanol–water partition coefficient (Wildman–Crippen LogP) is 2.56. The lowest BCUT2D eigenvalue weighted by molar-refractivity contribution is 0.0948. The molecule has 0 radical (unpaired) electrons. The van der Waals surface area contributed by atoms with Crippen LogP contribution in [-0.4, -0.2) is 45.0 Å². The Morgan fingerprint density at radius 2 is 2.09 bits per heavy atom. The van der Waals surface area contributed by atoms with Crippen LogP contribution >= 0.6 is 0 Å². The Labute approximate surface area is 185 Å². The quantitative estimate of drug-likeness (QED) is 0.617. The molecule has 1 aliphatic heterocycles. The number of H-pyrrole nitrogens is 1. The number of carbonyl (C=O) groups excluding carboxylic acids is 1. The van der Waals surface area contributed by atoms with Crippen LogP contribution in [0.4, 0.5) is 10.2 Å². The van der Waals surface area contributed by atoms with E-state index in [9.17, 15) is 14.0 Å². The van der Waals surface area contributed by atoms with E-state index in [1.54, 1.807) is 25.1 Å². The zero-order chi connectivity index (χ0) is 22.7. The van der Waals surface area contributed by atoms with Gasteiger partial charge in [-0.15, -0.1) is 0 Å². The number of rotatable bonds is 6. The molecular formula is C23H27FN6O2. The molecule has 1 fully saturated rings. The molecule has 0 bridgehead atoms. The van der Waals surface area contributed by atoms with Gasteiger partial charge in [-0.1, -0.05) is 12.1 Å². The summed E-state index contributed by atoms with van der Waals surface area (Å²) < 4.78 is 14.9. The first-order valence-electron chi connectivity index (χ1n) is 10.8. The number of anilines is 1. The highest BCUT2D eigenvalue weighted by molar-refractivity contribution is 5.96. The van der Waals surface area contributed by atoms with E-state index in [-0.39, 0.29) is 29.9 Å². The molecule has 4 rings (SSSR count). The van der Waals surface area contributed by atoms with Crippen LogP contribution in [0.3, 0.4) is 0 Å². The van der Waals surface area contributed by atoms with Gasteiger partial charge in [-0.25, -0.2) is 9.07 Å². The summed E-state index contributed by atoms with van der Waals surface area (Å²) in [5.74, 6) is 0.181. The number of carbonyl (C=O) groups is 1. The van der Waals surface area contributed by atoms with Crippen molar-refractivity contribution in [3.05, 3.63) is 75.1 Å². The van der Waals surface area contributed by atoms with E-state index in [4.69, 9.17) is 0 Å². The SMILES string of the molecule is Cc1n[nH]c(C)c1C(=O)NCC1CCCCN1c1ccc(=O)n(Cc2cccc(F)c2)n1. The molecule has 1 amide bonds. The lowest BCUT2D eigenvalue weighted by Crippen LogP contribution is -2.47. The van der Waals surface area contributed by atoms with Crippen LogP contribution in [0.15, 0.2) is 41.2 Å². The van der Waals surface area contributed by atoms with Crippen molar-refractivity contribution in [2.75, 3.05) is 18.0 Å². The first kappa shape index (κ1) is 21.7. The molecule has 0 aliphatic carbocycles. The second-order valence-electron chi connectivity index (χ2n) is 8.18. The molecule has 1 saturated heterocycles. The summed E-state index contributed by atoms with van der Waals surface area (Å²) in [5.41, 5.74) is 2.42. The van der Waals surface area contributed by atoms with E-state index in [0.29, 0.717) is 29.2 Å². The van der Waals surface area contributed by atoms with Crippen LogP contribution in [0, 0.1) is 19.7 Å². The zero-order valence-electron chi connectivity index (χ0n) is 18.3. The highest BCUT2D eigenvalue weighted by Crippen LogP contribution is 2.22. The third-order valence-corrected chi connectivity index (χ3v) is 5.85. The number of aryl methyl sites for hydroxylation is 2. The van der Waals surface area contributed by atoms with Gasteiger partial charge < -0.3 is 10.2 Å². The van der Waals surface area contributed by atoms with Crippen molar-refractivity contribution in [3.63, 3.8) is 0 Å². The highest BCUT2D eigenvalue weighted by atomic mass is 19.1. The minimum Gasteiger partial charge on any atom is -0.350 e. The predicted molar refractivity (Wildman–Crippen MR) is 119 cm³/mol. The van der Waals surface area contributed by atoms with Crippen LogP contribution in [0.25, 0.3) is 0 Å². The molecule has 1 aliphatic rings. The van der Waals surface area contributed by atoms with Crippen molar-refractivity contribution in [2.45, 2.75) is 45.7 Å². The van der Waals surface area contributed by atoms with Gasteiger partial charge in [-0.3, -0.25) is 14.7 Å². The Morgan fingerprint density at radius 3 is 2.84 bits per heavy atom.